The summed E-state index contributed by atoms with van der Waals surface area (Å²) in [5.41, 5.74) is 5.24. The van der Waals surface area contributed by atoms with Crippen LogP contribution in [0.25, 0.3) is 0 Å². The van der Waals surface area contributed by atoms with Gasteiger partial charge in [-0.2, -0.15) is 0 Å². The summed E-state index contributed by atoms with van der Waals surface area (Å²) in [6.07, 6.45) is 2.67. The molecular weight excluding hydrogens is 180 g/mol. The maximum Gasteiger partial charge on any atom is 0.234 e. The van der Waals surface area contributed by atoms with E-state index in [9.17, 15) is 4.79 Å². The topological polar surface area (TPSA) is 64.3 Å². The zero-order chi connectivity index (χ0) is 10.8. The van der Waals surface area contributed by atoms with Gasteiger partial charge in [0.05, 0.1) is 6.04 Å². The van der Waals surface area contributed by atoms with Crippen LogP contribution in [0.1, 0.15) is 33.1 Å². The molecule has 4 nitrogen and oxygen atoms in total. The SMILES string of the molecule is CCCNC(CCOCCC)C(N)=O. The Labute approximate surface area is 86.2 Å². The fourth-order valence-electron chi connectivity index (χ4n) is 1.11. The zero-order valence-electron chi connectivity index (χ0n) is 9.21. The molecule has 0 aliphatic carbocycles. The Morgan fingerprint density at radius 2 is 2.07 bits per heavy atom. The van der Waals surface area contributed by atoms with Gasteiger partial charge in [-0.05, 0) is 25.8 Å². The first-order chi connectivity index (χ1) is 6.72. The molecule has 0 saturated heterocycles. The number of amides is 1. The van der Waals surface area contributed by atoms with Gasteiger partial charge in [0, 0.05) is 13.2 Å². The van der Waals surface area contributed by atoms with Gasteiger partial charge in [0.1, 0.15) is 0 Å². The molecule has 0 fully saturated rings. The highest BCUT2D eigenvalue weighted by Gasteiger charge is 2.12. The highest BCUT2D eigenvalue weighted by molar-refractivity contribution is 5.79. The van der Waals surface area contributed by atoms with Crippen molar-refractivity contribution in [1.82, 2.24) is 5.32 Å². The fraction of sp³-hybridized carbons (Fsp3) is 0.900. The molecule has 84 valence electrons. The van der Waals surface area contributed by atoms with E-state index in [1.54, 1.807) is 0 Å². The monoisotopic (exact) mass is 202 g/mol. The lowest BCUT2D eigenvalue weighted by molar-refractivity contribution is -0.120. The first kappa shape index (κ1) is 13.4. The Balaban J connectivity index is 3.57. The van der Waals surface area contributed by atoms with E-state index in [4.69, 9.17) is 10.5 Å². The lowest BCUT2D eigenvalue weighted by Gasteiger charge is -2.14. The van der Waals surface area contributed by atoms with Crippen molar-refractivity contribution in [3.63, 3.8) is 0 Å². The van der Waals surface area contributed by atoms with Crippen LogP contribution in [0.4, 0.5) is 0 Å². The van der Waals surface area contributed by atoms with E-state index in [1.165, 1.54) is 0 Å². The molecular formula is C10H22N2O2. The fourth-order valence-corrected chi connectivity index (χ4v) is 1.11. The summed E-state index contributed by atoms with van der Waals surface area (Å²) in [6, 6.07) is -0.244. The second kappa shape index (κ2) is 8.97. The molecule has 0 aliphatic rings. The number of rotatable bonds is 9. The molecule has 1 amide bonds. The van der Waals surface area contributed by atoms with Crippen molar-refractivity contribution < 1.29 is 9.53 Å². The van der Waals surface area contributed by atoms with Crippen LogP contribution in [0.3, 0.4) is 0 Å². The van der Waals surface area contributed by atoms with Crippen molar-refractivity contribution in [1.29, 1.82) is 0 Å². The van der Waals surface area contributed by atoms with Crippen LogP contribution in [0.15, 0.2) is 0 Å². The first-order valence-corrected chi connectivity index (χ1v) is 5.32. The van der Waals surface area contributed by atoms with E-state index >= 15 is 0 Å². The Morgan fingerprint density at radius 1 is 1.36 bits per heavy atom. The smallest absolute Gasteiger partial charge is 0.234 e. The highest BCUT2D eigenvalue weighted by atomic mass is 16.5. The summed E-state index contributed by atoms with van der Waals surface area (Å²) < 4.78 is 5.30. The predicted molar refractivity (Wildman–Crippen MR) is 57.0 cm³/mol. The molecule has 0 aromatic heterocycles. The minimum absolute atomic E-state index is 0.244. The molecule has 0 aromatic rings. The lowest BCUT2D eigenvalue weighted by atomic mass is 10.2. The van der Waals surface area contributed by atoms with E-state index < -0.39 is 0 Å². The molecule has 4 heteroatoms. The molecule has 0 spiro atoms. The van der Waals surface area contributed by atoms with Gasteiger partial charge in [-0.1, -0.05) is 13.8 Å². The van der Waals surface area contributed by atoms with Crippen LogP contribution < -0.4 is 11.1 Å². The van der Waals surface area contributed by atoms with Gasteiger partial charge < -0.3 is 15.8 Å². The largest absolute Gasteiger partial charge is 0.381 e. The van der Waals surface area contributed by atoms with E-state index in [2.05, 4.69) is 19.2 Å². The predicted octanol–water partition coefficient (Wildman–Crippen LogP) is 0.657. The average Bonchev–Trinajstić information content (AvgIpc) is 2.16. The van der Waals surface area contributed by atoms with E-state index in [1.807, 2.05) is 0 Å². The van der Waals surface area contributed by atoms with E-state index in [0.29, 0.717) is 13.0 Å². The van der Waals surface area contributed by atoms with Crippen molar-refractivity contribution in [2.24, 2.45) is 5.73 Å². The maximum absolute atomic E-state index is 11.0. The van der Waals surface area contributed by atoms with Gasteiger partial charge in [0.15, 0.2) is 0 Å². The molecule has 3 N–H and O–H groups in total. The van der Waals surface area contributed by atoms with Crippen LogP contribution in [0.5, 0.6) is 0 Å². The number of primary amides is 1. The van der Waals surface area contributed by atoms with Crippen molar-refractivity contribution >= 4 is 5.91 Å². The van der Waals surface area contributed by atoms with Crippen LogP contribution in [-0.2, 0) is 9.53 Å². The van der Waals surface area contributed by atoms with Gasteiger partial charge in [-0.25, -0.2) is 0 Å². The molecule has 0 rings (SSSR count). The molecule has 0 saturated carbocycles. The molecule has 14 heavy (non-hydrogen) atoms. The summed E-state index contributed by atoms with van der Waals surface area (Å²) in [5.74, 6) is -0.293. The Morgan fingerprint density at radius 3 is 2.57 bits per heavy atom. The van der Waals surface area contributed by atoms with Gasteiger partial charge in [0.2, 0.25) is 5.91 Å². The van der Waals surface area contributed by atoms with Gasteiger partial charge in [0.25, 0.3) is 0 Å². The molecule has 0 bridgehead atoms. The minimum Gasteiger partial charge on any atom is -0.381 e. The molecule has 1 unspecified atom stereocenters. The van der Waals surface area contributed by atoms with Gasteiger partial charge in [-0.3, -0.25) is 4.79 Å². The summed E-state index contributed by atoms with van der Waals surface area (Å²) in [7, 11) is 0. The van der Waals surface area contributed by atoms with Gasteiger partial charge >= 0.3 is 0 Å². The summed E-state index contributed by atoms with van der Waals surface area (Å²) >= 11 is 0. The Kier molecular flexibility index (Phi) is 8.57. The van der Waals surface area contributed by atoms with Crippen LogP contribution in [0.2, 0.25) is 0 Å². The number of nitrogens with one attached hydrogen (secondary N) is 1. The van der Waals surface area contributed by atoms with Crippen molar-refractivity contribution in [3.05, 3.63) is 0 Å². The lowest BCUT2D eigenvalue weighted by Crippen LogP contribution is -2.42. The molecule has 1 atom stereocenters. The normalized spacial score (nSPS) is 12.7. The number of hydrogen-bond acceptors (Lipinski definition) is 3. The standard InChI is InChI=1S/C10H22N2O2/c1-3-6-12-9(10(11)13)5-8-14-7-4-2/h9,12H,3-8H2,1-2H3,(H2,11,13). The third-order valence-corrected chi connectivity index (χ3v) is 1.88. The first-order valence-electron chi connectivity index (χ1n) is 5.32. The minimum atomic E-state index is -0.293. The van der Waals surface area contributed by atoms with E-state index in [0.717, 1.165) is 26.0 Å². The summed E-state index contributed by atoms with van der Waals surface area (Å²) in [6.45, 7) is 6.28. The van der Waals surface area contributed by atoms with Crippen LogP contribution >= 0.6 is 0 Å². The number of nitrogens with two attached hydrogens (primary N) is 1. The van der Waals surface area contributed by atoms with Crippen molar-refractivity contribution in [2.75, 3.05) is 19.8 Å². The molecule has 0 aliphatic heterocycles. The Hall–Kier alpha value is -0.610. The summed E-state index contributed by atoms with van der Waals surface area (Å²) in [5, 5.41) is 3.09. The summed E-state index contributed by atoms with van der Waals surface area (Å²) in [4.78, 5) is 11.0. The number of ether oxygens (including phenoxy) is 1. The van der Waals surface area contributed by atoms with E-state index in [-0.39, 0.29) is 11.9 Å². The van der Waals surface area contributed by atoms with Crippen molar-refractivity contribution in [3.8, 4) is 0 Å². The zero-order valence-corrected chi connectivity index (χ0v) is 9.21. The third-order valence-electron chi connectivity index (χ3n) is 1.88. The quantitative estimate of drug-likeness (QED) is 0.540. The Bertz CT molecular complexity index is 151. The number of carbonyl (C=O) groups is 1. The number of carbonyl (C=O) groups excluding carboxylic acids is 1. The second-order valence-electron chi connectivity index (χ2n) is 3.31. The molecule has 0 heterocycles. The third kappa shape index (κ3) is 6.86. The molecule has 0 radical (unpaired) electrons. The maximum atomic E-state index is 11.0. The second-order valence-corrected chi connectivity index (χ2v) is 3.31. The highest BCUT2D eigenvalue weighted by Crippen LogP contribution is 1.93. The number of hydrogen-bond donors (Lipinski definition) is 2. The van der Waals surface area contributed by atoms with Gasteiger partial charge in [-0.15, -0.1) is 0 Å². The average molecular weight is 202 g/mol. The molecule has 0 aromatic carbocycles. The van der Waals surface area contributed by atoms with Crippen LogP contribution in [-0.4, -0.2) is 31.7 Å². The van der Waals surface area contributed by atoms with Crippen LogP contribution in [0, 0.1) is 0 Å². The van der Waals surface area contributed by atoms with Crippen molar-refractivity contribution in [2.45, 2.75) is 39.2 Å².